The lowest BCUT2D eigenvalue weighted by atomic mass is 10.1. The van der Waals surface area contributed by atoms with E-state index in [0.29, 0.717) is 6.61 Å². The Morgan fingerprint density at radius 3 is 2.63 bits per heavy atom. The third kappa shape index (κ3) is 3.58. The first kappa shape index (κ1) is 13.6. The normalized spacial score (nSPS) is 12.2. The van der Waals surface area contributed by atoms with Crippen molar-refractivity contribution < 1.29 is 4.74 Å². The molecule has 0 unspecified atom stereocenters. The molecule has 2 aromatic carbocycles. The van der Waals surface area contributed by atoms with Gasteiger partial charge in [-0.05, 0) is 49.6 Å². The van der Waals surface area contributed by atoms with Gasteiger partial charge in [0.25, 0.3) is 0 Å². The predicted octanol–water partition coefficient (Wildman–Crippen LogP) is 3.90. The van der Waals surface area contributed by atoms with Gasteiger partial charge >= 0.3 is 0 Å². The summed E-state index contributed by atoms with van der Waals surface area (Å²) in [6.07, 6.45) is 0. The SMILES string of the molecule is Cc1ccc(C)c(COc2cccc([C@@H](C)N)c2)c1. The van der Waals surface area contributed by atoms with Gasteiger partial charge in [-0.2, -0.15) is 0 Å². The number of nitrogens with two attached hydrogens (primary N) is 1. The zero-order valence-corrected chi connectivity index (χ0v) is 11.8. The molecule has 0 amide bonds. The van der Waals surface area contributed by atoms with Gasteiger partial charge in [0, 0.05) is 6.04 Å². The van der Waals surface area contributed by atoms with Crippen molar-refractivity contribution in [2.45, 2.75) is 33.4 Å². The van der Waals surface area contributed by atoms with Crippen LogP contribution in [-0.4, -0.2) is 0 Å². The van der Waals surface area contributed by atoms with Crippen molar-refractivity contribution in [3.63, 3.8) is 0 Å². The molecule has 0 saturated carbocycles. The first-order valence-electron chi connectivity index (χ1n) is 6.61. The highest BCUT2D eigenvalue weighted by atomic mass is 16.5. The summed E-state index contributed by atoms with van der Waals surface area (Å²) >= 11 is 0. The van der Waals surface area contributed by atoms with E-state index in [1.807, 2.05) is 31.2 Å². The minimum Gasteiger partial charge on any atom is -0.489 e. The van der Waals surface area contributed by atoms with Crippen molar-refractivity contribution in [2.75, 3.05) is 0 Å². The molecular weight excluding hydrogens is 234 g/mol. The van der Waals surface area contributed by atoms with Crippen molar-refractivity contribution in [1.82, 2.24) is 0 Å². The minimum absolute atomic E-state index is 0.0317. The molecule has 2 nitrogen and oxygen atoms in total. The monoisotopic (exact) mass is 255 g/mol. The highest BCUT2D eigenvalue weighted by Crippen LogP contribution is 2.20. The van der Waals surface area contributed by atoms with Crippen LogP contribution in [0.25, 0.3) is 0 Å². The van der Waals surface area contributed by atoms with E-state index in [1.165, 1.54) is 16.7 Å². The van der Waals surface area contributed by atoms with Crippen LogP contribution in [0.5, 0.6) is 5.75 Å². The summed E-state index contributed by atoms with van der Waals surface area (Å²) in [4.78, 5) is 0. The van der Waals surface area contributed by atoms with Gasteiger partial charge in [0.15, 0.2) is 0 Å². The van der Waals surface area contributed by atoms with Crippen LogP contribution in [0.15, 0.2) is 42.5 Å². The molecule has 0 bridgehead atoms. The van der Waals surface area contributed by atoms with Gasteiger partial charge in [-0.15, -0.1) is 0 Å². The van der Waals surface area contributed by atoms with Gasteiger partial charge in [0.1, 0.15) is 12.4 Å². The second kappa shape index (κ2) is 5.89. The molecule has 2 aromatic rings. The van der Waals surface area contributed by atoms with Gasteiger partial charge in [-0.1, -0.05) is 35.9 Å². The van der Waals surface area contributed by atoms with E-state index >= 15 is 0 Å². The first-order valence-corrected chi connectivity index (χ1v) is 6.61. The zero-order valence-electron chi connectivity index (χ0n) is 11.8. The van der Waals surface area contributed by atoms with Crippen LogP contribution >= 0.6 is 0 Å². The molecule has 19 heavy (non-hydrogen) atoms. The van der Waals surface area contributed by atoms with E-state index in [0.717, 1.165) is 11.3 Å². The molecule has 2 rings (SSSR count). The lowest BCUT2D eigenvalue weighted by molar-refractivity contribution is 0.305. The Morgan fingerprint density at radius 2 is 1.89 bits per heavy atom. The molecule has 2 heteroatoms. The van der Waals surface area contributed by atoms with Crippen molar-refractivity contribution in [1.29, 1.82) is 0 Å². The van der Waals surface area contributed by atoms with Gasteiger partial charge in [0.05, 0.1) is 0 Å². The van der Waals surface area contributed by atoms with E-state index < -0.39 is 0 Å². The fraction of sp³-hybridized carbons (Fsp3) is 0.294. The molecule has 0 radical (unpaired) electrons. The summed E-state index contributed by atoms with van der Waals surface area (Å²) in [7, 11) is 0. The third-order valence-corrected chi connectivity index (χ3v) is 3.28. The van der Waals surface area contributed by atoms with Crippen LogP contribution in [0, 0.1) is 13.8 Å². The highest BCUT2D eigenvalue weighted by Gasteiger charge is 2.03. The second-order valence-corrected chi connectivity index (χ2v) is 5.08. The molecule has 100 valence electrons. The maximum Gasteiger partial charge on any atom is 0.120 e. The lowest BCUT2D eigenvalue weighted by Gasteiger charge is -2.12. The summed E-state index contributed by atoms with van der Waals surface area (Å²) in [5, 5.41) is 0. The summed E-state index contributed by atoms with van der Waals surface area (Å²) < 4.78 is 5.86. The van der Waals surface area contributed by atoms with Gasteiger partial charge < -0.3 is 10.5 Å². The lowest BCUT2D eigenvalue weighted by Crippen LogP contribution is -2.05. The maximum absolute atomic E-state index is 5.88. The summed E-state index contributed by atoms with van der Waals surface area (Å²) in [6, 6.07) is 14.4. The van der Waals surface area contributed by atoms with Crippen LogP contribution in [0.2, 0.25) is 0 Å². The predicted molar refractivity (Wildman–Crippen MR) is 79.3 cm³/mol. The summed E-state index contributed by atoms with van der Waals surface area (Å²) in [5.74, 6) is 0.871. The average molecular weight is 255 g/mol. The van der Waals surface area contributed by atoms with Crippen LogP contribution < -0.4 is 10.5 Å². The van der Waals surface area contributed by atoms with Crippen LogP contribution in [0.4, 0.5) is 0 Å². The van der Waals surface area contributed by atoms with Crippen LogP contribution in [0.1, 0.15) is 35.2 Å². The molecule has 1 atom stereocenters. The second-order valence-electron chi connectivity index (χ2n) is 5.08. The molecule has 0 fully saturated rings. The number of rotatable bonds is 4. The van der Waals surface area contributed by atoms with E-state index in [4.69, 9.17) is 10.5 Å². The van der Waals surface area contributed by atoms with Crippen molar-refractivity contribution in [3.05, 3.63) is 64.7 Å². The standard InChI is InChI=1S/C17H21NO/c1-12-7-8-13(2)16(9-12)11-19-17-6-4-5-15(10-17)14(3)18/h4-10,14H,11,18H2,1-3H3/t14-/m1/s1. The van der Waals surface area contributed by atoms with E-state index in [1.54, 1.807) is 0 Å². The molecule has 0 heterocycles. The van der Waals surface area contributed by atoms with Crippen molar-refractivity contribution >= 4 is 0 Å². The average Bonchev–Trinajstić information content (AvgIpc) is 2.40. The number of aryl methyl sites for hydroxylation is 2. The largest absolute Gasteiger partial charge is 0.489 e. The number of hydrogen-bond acceptors (Lipinski definition) is 2. The quantitative estimate of drug-likeness (QED) is 0.899. The molecular formula is C17H21NO. The number of ether oxygens (including phenoxy) is 1. The maximum atomic E-state index is 5.88. The Labute approximate surface area is 115 Å². The Morgan fingerprint density at radius 1 is 1.11 bits per heavy atom. The topological polar surface area (TPSA) is 35.2 Å². The van der Waals surface area contributed by atoms with Crippen molar-refractivity contribution in [3.8, 4) is 5.75 Å². The molecule has 0 aliphatic rings. The zero-order chi connectivity index (χ0) is 13.8. The van der Waals surface area contributed by atoms with E-state index in [9.17, 15) is 0 Å². The molecule has 2 N–H and O–H groups in total. The molecule has 0 aliphatic carbocycles. The Bertz CT molecular complexity index is 561. The highest BCUT2D eigenvalue weighted by molar-refractivity contribution is 5.32. The summed E-state index contributed by atoms with van der Waals surface area (Å²) in [6.45, 7) is 6.77. The van der Waals surface area contributed by atoms with Gasteiger partial charge in [-0.3, -0.25) is 0 Å². The third-order valence-electron chi connectivity index (χ3n) is 3.28. The molecule has 0 aliphatic heterocycles. The van der Waals surface area contributed by atoms with Gasteiger partial charge in [0.2, 0.25) is 0 Å². The minimum atomic E-state index is 0.0317. The fourth-order valence-electron chi connectivity index (χ4n) is 2.00. The fourth-order valence-corrected chi connectivity index (χ4v) is 2.00. The number of benzene rings is 2. The molecule has 0 spiro atoms. The van der Waals surface area contributed by atoms with Gasteiger partial charge in [-0.25, -0.2) is 0 Å². The Hall–Kier alpha value is -1.80. The molecule has 0 aromatic heterocycles. The van der Waals surface area contributed by atoms with E-state index in [-0.39, 0.29) is 6.04 Å². The summed E-state index contributed by atoms with van der Waals surface area (Å²) in [5.41, 5.74) is 10.7. The smallest absolute Gasteiger partial charge is 0.120 e. The van der Waals surface area contributed by atoms with Crippen LogP contribution in [-0.2, 0) is 6.61 Å². The number of hydrogen-bond donors (Lipinski definition) is 1. The van der Waals surface area contributed by atoms with Crippen molar-refractivity contribution in [2.24, 2.45) is 5.73 Å². The molecule has 0 saturated heterocycles. The van der Waals surface area contributed by atoms with Crippen LogP contribution in [0.3, 0.4) is 0 Å². The Kier molecular flexibility index (Phi) is 4.23. The van der Waals surface area contributed by atoms with E-state index in [2.05, 4.69) is 32.0 Å². The first-order chi connectivity index (χ1) is 9.06. The Balaban J connectivity index is 2.10.